The van der Waals surface area contributed by atoms with Crippen LogP contribution in [0, 0.1) is 0 Å². The molecule has 1 aliphatic carbocycles. The number of sulfonamides is 1. The number of nitrogens with one attached hydrogen (secondary N) is 3. The number of H-pyrrole nitrogens is 1. The molecule has 0 saturated heterocycles. The van der Waals surface area contributed by atoms with Gasteiger partial charge in [0.05, 0.1) is 5.25 Å². The maximum Gasteiger partial charge on any atom is 0.214 e. The van der Waals surface area contributed by atoms with Crippen molar-refractivity contribution in [3.8, 4) is 11.1 Å². The van der Waals surface area contributed by atoms with E-state index in [4.69, 9.17) is 11.6 Å². The molecule has 3 heterocycles. The van der Waals surface area contributed by atoms with Gasteiger partial charge >= 0.3 is 0 Å². The van der Waals surface area contributed by atoms with Gasteiger partial charge < -0.3 is 10.3 Å². The molecular weight excluding hydrogens is 422 g/mol. The predicted molar refractivity (Wildman–Crippen MR) is 121 cm³/mol. The minimum atomic E-state index is -3.24. The third-order valence-corrected chi connectivity index (χ3v) is 7.68. The molecule has 1 aliphatic rings. The zero-order valence-corrected chi connectivity index (χ0v) is 18.6. The van der Waals surface area contributed by atoms with Crippen molar-refractivity contribution in [3.63, 3.8) is 0 Å². The first-order chi connectivity index (χ1) is 14.3. The zero-order chi connectivity index (χ0) is 21.3. The van der Waals surface area contributed by atoms with Gasteiger partial charge in [-0.15, -0.1) is 0 Å². The largest absolute Gasteiger partial charge is 0.367 e. The number of hydrogen-bond donors (Lipinski definition) is 3. The Morgan fingerprint density at radius 3 is 2.63 bits per heavy atom. The fraction of sp³-hybridized carbons (Fsp3) is 0.429. The van der Waals surface area contributed by atoms with E-state index in [0.29, 0.717) is 5.15 Å². The first kappa shape index (κ1) is 21.1. The summed E-state index contributed by atoms with van der Waals surface area (Å²) in [5.74, 6) is 0.724. The van der Waals surface area contributed by atoms with Crippen molar-refractivity contribution in [2.75, 3.05) is 5.32 Å². The number of hydrogen-bond acceptors (Lipinski definition) is 5. The van der Waals surface area contributed by atoms with Crippen LogP contribution in [0.3, 0.4) is 0 Å². The molecule has 3 aromatic heterocycles. The fourth-order valence-corrected chi connectivity index (χ4v) is 5.04. The number of aromatic amines is 1. The summed E-state index contributed by atoms with van der Waals surface area (Å²) in [5.41, 5.74) is 2.82. The first-order valence-corrected chi connectivity index (χ1v) is 12.1. The molecule has 0 spiro atoms. The van der Waals surface area contributed by atoms with Gasteiger partial charge in [0.25, 0.3) is 0 Å². The number of halogens is 1. The first-order valence-electron chi connectivity index (χ1n) is 10.2. The summed E-state index contributed by atoms with van der Waals surface area (Å²) in [6.07, 6.45) is 7.01. The minimum Gasteiger partial charge on any atom is -0.367 e. The normalized spacial score (nSPS) is 20.0. The molecular formula is C21H26ClN5O2S. The summed E-state index contributed by atoms with van der Waals surface area (Å²) >= 11 is 6.31. The lowest BCUT2D eigenvalue weighted by Crippen LogP contribution is -2.42. The van der Waals surface area contributed by atoms with Gasteiger partial charge in [-0.05, 0) is 69.4 Å². The van der Waals surface area contributed by atoms with E-state index in [-0.39, 0.29) is 12.1 Å². The van der Waals surface area contributed by atoms with Gasteiger partial charge in [-0.25, -0.2) is 23.1 Å². The summed E-state index contributed by atoms with van der Waals surface area (Å²) in [5, 5.41) is 4.52. The number of aromatic nitrogens is 3. The van der Waals surface area contributed by atoms with Crippen LogP contribution in [0.4, 0.5) is 5.82 Å². The molecule has 30 heavy (non-hydrogen) atoms. The van der Waals surface area contributed by atoms with Crippen molar-refractivity contribution in [1.29, 1.82) is 0 Å². The molecule has 0 aliphatic heterocycles. The maximum atomic E-state index is 12.1. The smallest absolute Gasteiger partial charge is 0.214 e. The van der Waals surface area contributed by atoms with E-state index in [1.807, 2.05) is 30.5 Å². The van der Waals surface area contributed by atoms with Gasteiger partial charge in [0, 0.05) is 35.4 Å². The second kappa shape index (κ2) is 8.53. The Morgan fingerprint density at radius 1 is 1.17 bits per heavy atom. The Labute approximate surface area is 181 Å². The Bertz CT molecular complexity index is 1140. The van der Waals surface area contributed by atoms with Gasteiger partial charge in [-0.3, -0.25) is 0 Å². The van der Waals surface area contributed by atoms with Crippen molar-refractivity contribution in [2.45, 2.75) is 56.9 Å². The molecule has 0 aromatic carbocycles. The average molecular weight is 448 g/mol. The van der Waals surface area contributed by atoms with Gasteiger partial charge in [0.2, 0.25) is 10.0 Å². The van der Waals surface area contributed by atoms with Crippen LogP contribution >= 0.6 is 11.6 Å². The van der Waals surface area contributed by atoms with Crippen LogP contribution in [0.15, 0.2) is 36.7 Å². The third kappa shape index (κ3) is 4.61. The SMILES string of the molecule is CC(C)S(=O)(=O)N[C@H]1CC[C@H](Nc2cc(-c3c[nH]c4ncccc34)cc(Cl)n2)CC1. The Kier molecular flexibility index (Phi) is 5.99. The molecule has 0 radical (unpaired) electrons. The highest BCUT2D eigenvalue weighted by Crippen LogP contribution is 2.31. The van der Waals surface area contributed by atoms with E-state index >= 15 is 0 Å². The second-order valence-electron chi connectivity index (χ2n) is 8.07. The van der Waals surface area contributed by atoms with E-state index < -0.39 is 15.3 Å². The predicted octanol–water partition coefficient (Wildman–Crippen LogP) is 4.33. The zero-order valence-electron chi connectivity index (χ0n) is 17.0. The van der Waals surface area contributed by atoms with E-state index in [1.54, 1.807) is 20.0 Å². The van der Waals surface area contributed by atoms with Crippen molar-refractivity contribution >= 4 is 38.5 Å². The van der Waals surface area contributed by atoms with Gasteiger partial charge in [0.1, 0.15) is 16.6 Å². The molecule has 1 fully saturated rings. The lowest BCUT2D eigenvalue weighted by Gasteiger charge is -2.30. The van der Waals surface area contributed by atoms with Crippen LogP contribution in [0.25, 0.3) is 22.2 Å². The van der Waals surface area contributed by atoms with Crippen LogP contribution < -0.4 is 10.0 Å². The molecule has 0 amide bonds. The van der Waals surface area contributed by atoms with Gasteiger partial charge in [-0.2, -0.15) is 0 Å². The molecule has 1 saturated carbocycles. The van der Waals surface area contributed by atoms with Crippen molar-refractivity contribution in [1.82, 2.24) is 19.7 Å². The van der Waals surface area contributed by atoms with Crippen LogP contribution in [0.1, 0.15) is 39.5 Å². The quantitative estimate of drug-likeness (QED) is 0.488. The van der Waals surface area contributed by atoms with Crippen LogP contribution in [-0.4, -0.2) is 40.7 Å². The number of nitrogens with zero attached hydrogens (tertiary/aromatic N) is 2. The van der Waals surface area contributed by atoms with Crippen LogP contribution in [-0.2, 0) is 10.0 Å². The van der Waals surface area contributed by atoms with E-state index in [2.05, 4.69) is 25.0 Å². The van der Waals surface area contributed by atoms with Crippen molar-refractivity contribution in [2.24, 2.45) is 0 Å². The maximum absolute atomic E-state index is 12.1. The van der Waals surface area contributed by atoms with Gasteiger partial charge in [0.15, 0.2) is 0 Å². The highest BCUT2D eigenvalue weighted by molar-refractivity contribution is 7.90. The van der Waals surface area contributed by atoms with E-state index in [9.17, 15) is 8.42 Å². The molecule has 9 heteroatoms. The molecule has 0 bridgehead atoms. The molecule has 4 rings (SSSR count). The summed E-state index contributed by atoms with van der Waals surface area (Å²) in [4.78, 5) is 12.0. The Hall–Kier alpha value is -2.16. The molecule has 7 nitrogen and oxygen atoms in total. The number of rotatable bonds is 6. The highest BCUT2D eigenvalue weighted by atomic mass is 35.5. The van der Waals surface area contributed by atoms with E-state index in [1.165, 1.54) is 0 Å². The minimum absolute atomic E-state index is 0.00273. The Balaban J connectivity index is 1.45. The number of fused-ring (bicyclic) bond motifs is 1. The number of anilines is 1. The summed E-state index contributed by atoms with van der Waals surface area (Å²) < 4.78 is 27.0. The fourth-order valence-electron chi connectivity index (χ4n) is 3.85. The van der Waals surface area contributed by atoms with Crippen LogP contribution in [0.5, 0.6) is 0 Å². The molecule has 3 aromatic rings. The topological polar surface area (TPSA) is 99.8 Å². The lowest BCUT2D eigenvalue weighted by atomic mass is 9.92. The standard InChI is InChI=1S/C21H26ClN5O2S/c1-13(2)30(28,29)27-16-7-5-15(6-8-16)25-20-11-14(10-19(22)26-20)18-12-24-21-17(18)4-3-9-23-21/h3-4,9-13,15-16,27H,5-8H2,1-2H3,(H,23,24)(H,25,26)/t15-,16-. The molecule has 0 unspecified atom stereocenters. The lowest BCUT2D eigenvalue weighted by molar-refractivity contribution is 0.386. The monoisotopic (exact) mass is 447 g/mol. The summed E-state index contributed by atoms with van der Waals surface area (Å²) in [6.45, 7) is 3.39. The van der Waals surface area contributed by atoms with Gasteiger partial charge in [-0.1, -0.05) is 11.6 Å². The average Bonchev–Trinajstić information content (AvgIpc) is 3.13. The number of pyridine rings is 2. The molecule has 160 valence electrons. The van der Waals surface area contributed by atoms with Crippen LogP contribution in [0.2, 0.25) is 5.15 Å². The Morgan fingerprint density at radius 2 is 1.90 bits per heavy atom. The third-order valence-electron chi connectivity index (χ3n) is 5.59. The molecule has 3 N–H and O–H groups in total. The van der Waals surface area contributed by atoms with E-state index in [0.717, 1.165) is 53.7 Å². The van der Waals surface area contributed by atoms with Crippen molar-refractivity contribution in [3.05, 3.63) is 41.8 Å². The van der Waals surface area contributed by atoms with Crippen molar-refractivity contribution < 1.29 is 8.42 Å². The summed E-state index contributed by atoms with van der Waals surface area (Å²) in [7, 11) is -3.24. The summed E-state index contributed by atoms with van der Waals surface area (Å²) in [6, 6.07) is 8.00. The second-order valence-corrected chi connectivity index (χ2v) is 10.7. The molecule has 0 atom stereocenters. The highest BCUT2D eigenvalue weighted by Gasteiger charge is 2.26.